The number of benzene rings is 1. The first-order chi connectivity index (χ1) is 10.8. The standard InChI is InChI=1S/C15H19ClN2O4S/c1-22-15(19)9-3-5-14(12(16)6-9)23(20,21)18-7-10-2-4-13(17)11(10)8-18/h3,5-6,10-11,13H,2,4,7-8,17H2,1H3. The number of rotatable bonds is 3. The molecule has 23 heavy (non-hydrogen) atoms. The van der Waals surface area contributed by atoms with Crippen molar-refractivity contribution in [2.24, 2.45) is 17.6 Å². The minimum Gasteiger partial charge on any atom is -0.465 e. The van der Waals surface area contributed by atoms with Crippen LogP contribution in [0.15, 0.2) is 23.1 Å². The second kappa shape index (κ2) is 6.05. The molecule has 1 aromatic rings. The van der Waals surface area contributed by atoms with Crippen LogP contribution in [0, 0.1) is 11.8 Å². The number of sulfonamides is 1. The number of fused-ring (bicyclic) bond motifs is 1. The lowest BCUT2D eigenvalue weighted by Crippen LogP contribution is -2.33. The van der Waals surface area contributed by atoms with Crippen molar-refractivity contribution in [2.75, 3.05) is 20.2 Å². The maximum Gasteiger partial charge on any atom is 0.337 e. The average molecular weight is 359 g/mol. The fourth-order valence-corrected chi connectivity index (χ4v) is 5.61. The minimum atomic E-state index is -3.69. The highest BCUT2D eigenvalue weighted by Crippen LogP contribution is 2.40. The van der Waals surface area contributed by atoms with Crippen LogP contribution in [0.25, 0.3) is 0 Å². The van der Waals surface area contributed by atoms with E-state index in [-0.39, 0.29) is 27.4 Å². The zero-order valence-electron chi connectivity index (χ0n) is 12.7. The zero-order valence-corrected chi connectivity index (χ0v) is 14.3. The van der Waals surface area contributed by atoms with Crippen molar-refractivity contribution >= 4 is 27.6 Å². The first-order valence-corrected chi connectivity index (χ1v) is 9.30. The summed E-state index contributed by atoms with van der Waals surface area (Å²) in [6.07, 6.45) is 1.92. The van der Waals surface area contributed by atoms with Crippen LogP contribution in [0.2, 0.25) is 5.02 Å². The molecule has 0 radical (unpaired) electrons. The van der Waals surface area contributed by atoms with Crippen molar-refractivity contribution in [1.82, 2.24) is 4.31 Å². The second-order valence-corrected chi connectivity index (χ2v) is 8.44. The van der Waals surface area contributed by atoms with Gasteiger partial charge in [0.2, 0.25) is 10.0 Å². The Kier molecular flexibility index (Phi) is 4.39. The van der Waals surface area contributed by atoms with Gasteiger partial charge in [0.15, 0.2) is 0 Å². The molecule has 6 nitrogen and oxygen atoms in total. The molecule has 1 heterocycles. The number of hydrogen-bond donors (Lipinski definition) is 1. The number of hydrogen-bond acceptors (Lipinski definition) is 5. The summed E-state index contributed by atoms with van der Waals surface area (Å²) in [6, 6.07) is 4.16. The van der Waals surface area contributed by atoms with E-state index >= 15 is 0 Å². The lowest BCUT2D eigenvalue weighted by atomic mass is 9.98. The van der Waals surface area contributed by atoms with Crippen LogP contribution in [-0.4, -0.2) is 44.9 Å². The Morgan fingerprint density at radius 3 is 2.70 bits per heavy atom. The molecule has 0 aromatic heterocycles. The normalized spacial score (nSPS) is 27.9. The van der Waals surface area contributed by atoms with Gasteiger partial charge in [0.25, 0.3) is 0 Å². The van der Waals surface area contributed by atoms with Gasteiger partial charge in [-0.05, 0) is 42.9 Å². The predicted octanol–water partition coefficient (Wildman–Crippen LogP) is 1.48. The third-order valence-corrected chi connectivity index (χ3v) is 7.16. The molecule has 2 N–H and O–H groups in total. The van der Waals surface area contributed by atoms with Gasteiger partial charge in [0, 0.05) is 19.1 Å². The quantitative estimate of drug-likeness (QED) is 0.827. The summed E-state index contributed by atoms with van der Waals surface area (Å²) < 4.78 is 31.7. The summed E-state index contributed by atoms with van der Waals surface area (Å²) in [7, 11) is -2.43. The molecule has 3 unspecified atom stereocenters. The Morgan fingerprint density at radius 1 is 1.35 bits per heavy atom. The third kappa shape index (κ3) is 2.87. The predicted molar refractivity (Wildman–Crippen MR) is 85.7 cm³/mol. The van der Waals surface area contributed by atoms with Gasteiger partial charge in [0.05, 0.1) is 17.7 Å². The highest BCUT2D eigenvalue weighted by atomic mass is 35.5. The summed E-state index contributed by atoms with van der Waals surface area (Å²) >= 11 is 6.10. The van der Waals surface area contributed by atoms with Gasteiger partial charge in [-0.25, -0.2) is 13.2 Å². The monoisotopic (exact) mass is 358 g/mol. The van der Waals surface area contributed by atoms with E-state index in [1.165, 1.54) is 29.6 Å². The molecule has 126 valence electrons. The molecule has 3 atom stereocenters. The van der Waals surface area contributed by atoms with E-state index in [0.717, 1.165) is 12.8 Å². The number of nitrogens with zero attached hydrogens (tertiary/aromatic N) is 1. The Hall–Kier alpha value is -1.15. The molecular formula is C15H19ClN2O4S. The van der Waals surface area contributed by atoms with E-state index in [4.69, 9.17) is 17.3 Å². The molecule has 1 aromatic carbocycles. The highest BCUT2D eigenvalue weighted by molar-refractivity contribution is 7.89. The van der Waals surface area contributed by atoms with Crippen molar-refractivity contribution in [3.63, 3.8) is 0 Å². The number of carbonyl (C=O) groups excluding carboxylic acids is 1. The Morgan fingerprint density at radius 2 is 2.09 bits per heavy atom. The first kappa shape index (κ1) is 16.7. The Labute approximate surface area is 140 Å². The van der Waals surface area contributed by atoms with Gasteiger partial charge in [0.1, 0.15) is 4.90 Å². The summed E-state index contributed by atoms with van der Waals surface area (Å²) in [5.41, 5.74) is 6.28. The van der Waals surface area contributed by atoms with Crippen LogP contribution < -0.4 is 5.73 Å². The van der Waals surface area contributed by atoms with Crippen molar-refractivity contribution < 1.29 is 17.9 Å². The van der Waals surface area contributed by atoms with E-state index in [1.807, 2.05) is 0 Å². The maximum absolute atomic E-state index is 12.8. The van der Waals surface area contributed by atoms with Crippen molar-refractivity contribution in [3.05, 3.63) is 28.8 Å². The SMILES string of the molecule is COC(=O)c1ccc(S(=O)(=O)N2CC3CCC(N)C3C2)c(Cl)c1. The fraction of sp³-hybridized carbons (Fsp3) is 0.533. The smallest absolute Gasteiger partial charge is 0.337 e. The first-order valence-electron chi connectivity index (χ1n) is 7.48. The number of ether oxygens (including phenoxy) is 1. The molecule has 0 bridgehead atoms. The van der Waals surface area contributed by atoms with Gasteiger partial charge in [-0.1, -0.05) is 11.6 Å². The lowest BCUT2D eigenvalue weighted by Gasteiger charge is -2.19. The molecule has 2 fully saturated rings. The molecule has 8 heteroatoms. The molecule has 2 aliphatic rings. The number of esters is 1. The van der Waals surface area contributed by atoms with Crippen LogP contribution in [0.1, 0.15) is 23.2 Å². The van der Waals surface area contributed by atoms with Gasteiger partial charge in [-0.15, -0.1) is 0 Å². The van der Waals surface area contributed by atoms with Crippen molar-refractivity contribution in [2.45, 2.75) is 23.8 Å². The molecule has 1 aliphatic carbocycles. The summed E-state index contributed by atoms with van der Waals surface area (Å²) in [4.78, 5) is 11.5. The van der Waals surface area contributed by atoms with Crippen LogP contribution in [0.5, 0.6) is 0 Å². The van der Waals surface area contributed by atoms with E-state index in [0.29, 0.717) is 19.0 Å². The fourth-order valence-electron chi connectivity index (χ4n) is 3.56. The molecular weight excluding hydrogens is 340 g/mol. The molecule has 0 amide bonds. The molecule has 0 spiro atoms. The lowest BCUT2D eigenvalue weighted by molar-refractivity contribution is 0.0600. The maximum atomic E-state index is 12.8. The number of nitrogens with two attached hydrogens (primary N) is 1. The third-order valence-electron chi connectivity index (χ3n) is 4.85. The highest BCUT2D eigenvalue weighted by Gasteiger charge is 2.45. The minimum absolute atomic E-state index is 0.0142. The van der Waals surface area contributed by atoms with Crippen LogP contribution in [0.3, 0.4) is 0 Å². The van der Waals surface area contributed by atoms with Gasteiger partial charge >= 0.3 is 5.97 Å². The van der Waals surface area contributed by atoms with E-state index < -0.39 is 16.0 Å². The number of carbonyl (C=O) groups is 1. The van der Waals surface area contributed by atoms with Crippen LogP contribution in [0.4, 0.5) is 0 Å². The molecule has 3 rings (SSSR count). The summed E-state index contributed by atoms with van der Waals surface area (Å²) in [6.45, 7) is 0.916. The zero-order chi connectivity index (χ0) is 16.8. The van der Waals surface area contributed by atoms with Crippen LogP contribution >= 0.6 is 11.6 Å². The Bertz CT molecular complexity index is 737. The summed E-state index contributed by atoms with van der Waals surface area (Å²) in [5.74, 6) is -0.0108. The topological polar surface area (TPSA) is 89.7 Å². The Balaban J connectivity index is 1.87. The molecule has 1 saturated carbocycles. The number of halogens is 1. The molecule has 1 saturated heterocycles. The molecule has 1 aliphatic heterocycles. The largest absolute Gasteiger partial charge is 0.465 e. The van der Waals surface area contributed by atoms with Gasteiger partial charge < -0.3 is 10.5 Å². The average Bonchev–Trinajstić information content (AvgIpc) is 3.09. The van der Waals surface area contributed by atoms with Crippen LogP contribution in [-0.2, 0) is 14.8 Å². The van der Waals surface area contributed by atoms with E-state index in [2.05, 4.69) is 4.74 Å². The van der Waals surface area contributed by atoms with E-state index in [9.17, 15) is 13.2 Å². The number of methoxy groups -OCH3 is 1. The van der Waals surface area contributed by atoms with Crippen molar-refractivity contribution in [1.29, 1.82) is 0 Å². The second-order valence-electron chi connectivity index (χ2n) is 6.12. The van der Waals surface area contributed by atoms with Crippen molar-refractivity contribution in [3.8, 4) is 0 Å². The summed E-state index contributed by atoms with van der Waals surface area (Å²) in [5, 5.41) is 0.0225. The van der Waals surface area contributed by atoms with Gasteiger partial charge in [-0.3, -0.25) is 0 Å². The van der Waals surface area contributed by atoms with E-state index in [1.54, 1.807) is 0 Å². The van der Waals surface area contributed by atoms with Gasteiger partial charge in [-0.2, -0.15) is 4.31 Å².